The molecule has 0 bridgehead atoms. The van der Waals surface area contributed by atoms with Gasteiger partial charge in [-0.1, -0.05) is 64.2 Å². The number of esters is 1. The molecule has 3 rings (SSSR count). The molecule has 1 heterocycles. The Labute approximate surface area is 419 Å². The molecular formula is C50H66F3N4O16+. The number of nitrogens with two attached hydrogens (primary N) is 3. The molecule has 23 heteroatoms. The van der Waals surface area contributed by atoms with Crippen molar-refractivity contribution in [3.63, 3.8) is 0 Å². The van der Waals surface area contributed by atoms with Gasteiger partial charge in [-0.25, -0.2) is 9.59 Å². The quantitative estimate of drug-likeness (QED) is 0.0220. The number of primary amides is 2. The molecule has 0 unspecified atom stereocenters. The molecular weight excluding hydrogens is 970 g/mol. The molecule has 0 atom stereocenters. The van der Waals surface area contributed by atoms with Gasteiger partial charge in [0.1, 0.15) is 5.69 Å². The minimum Gasteiger partial charge on any atom is -0.481 e. The van der Waals surface area contributed by atoms with E-state index in [1.807, 2.05) is 48.6 Å². The highest BCUT2D eigenvalue weighted by atomic mass is 19.4. The monoisotopic (exact) mass is 1040 g/mol. The average Bonchev–Trinajstić information content (AvgIpc) is 3.47. The van der Waals surface area contributed by atoms with Crippen molar-refractivity contribution in [3.05, 3.63) is 107 Å². The van der Waals surface area contributed by atoms with Crippen LogP contribution in [0.3, 0.4) is 0 Å². The fraction of sp³-hybridized carbons (Fsp3) is 0.420. The first-order chi connectivity index (χ1) is 33.8. The fourth-order valence-corrected chi connectivity index (χ4v) is 6.75. The molecule has 0 spiro atoms. The number of nitrogens with zero attached hydrogens (tertiary/aromatic N) is 1. The van der Waals surface area contributed by atoms with Gasteiger partial charge in [-0.3, -0.25) is 33.6 Å². The summed E-state index contributed by atoms with van der Waals surface area (Å²) in [4.78, 5) is 96.0. The first-order valence-electron chi connectivity index (χ1n) is 22.6. The van der Waals surface area contributed by atoms with E-state index in [2.05, 4.69) is 48.7 Å². The van der Waals surface area contributed by atoms with Crippen LogP contribution in [0.4, 0.5) is 24.5 Å². The molecule has 2 amide bonds. The summed E-state index contributed by atoms with van der Waals surface area (Å²) in [7, 11) is 0. The van der Waals surface area contributed by atoms with Crippen LogP contribution >= 0.6 is 0 Å². The number of quaternary nitrogens is 1. The summed E-state index contributed by atoms with van der Waals surface area (Å²) in [6.45, 7) is 10.5. The first-order valence-corrected chi connectivity index (χ1v) is 22.6. The molecule has 0 fully saturated rings. The predicted octanol–water partition coefficient (Wildman–Crippen LogP) is 6.55. The van der Waals surface area contributed by atoms with E-state index in [4.69, 9.17) is 31.9 Å². The molecule has 0 saturated carbocycles. The molecule has 0 aliphatic carbocycles. The number of aliphatic carboxylic acids is 4. The summed E-state index contributed by atoms with van der Waals surface area (Å²) >= 11 is 0. The third-order valence-corrected chi connectivity index (χ3v) is 10.3. The summed E-state index contributed by atoms with van der Waals surface area (Å²) in [5, 5.41) is 52.9. The smallest absolute Gasteiger partial charge is 0.481 e. The van der Waals surface area contributed by atoms with Gasteiger partial charge in [-0.05, 0) is 79.5 Å². The van der Waals surface area contributed by atoms with Crippen molar-refractivity contribution in [2.45, 2.75) is 122 Å². The van der Waals surface area contributed by atoms with E-state index >= 15 is 0 Å². The molecule has 2 aromatic rings. The molecule has 20 nitrogen and oxygen atoms in total. The van der Waals surface area contributed by atoms with Gasteiger partial charge < -0.3 is 57.1 Å². The van der Waals surface area contributed by atoms with Gasteiger partial charge in [0.25, 0.3) is 0 Å². The lowest BCUT2D eigenvalue weighted by atomic mass is 9.79. The van der Waals surface area contributed by atoms with E-state index < -0.39 is 53.6 Å². The molecule has 2 aromatic carbocycles. The van der Waals surface area contributed by atoms with Crippen LogP contribution in [0.5, 0.6) is 0 Å². The van der Waals surface area contributed by atoms with Crippen LogP contribution in [0.2, 0.25) is 0 Å². The number of alkyl halides is 3. The summed E-state index contributed by atoms with van der Waals surface area (Å²) in [6.07, 6.45) is 12.2. The van der Waals surface area contributed by atoms with Crippen molar-refractivity contribution in [3.8, 4) is 0 Å². The van der Waals surface area contributed by atoms with E-state index in [-0.39, 0.29) is 54.0 Å². The van der Waals surface area contributed by atoms with Gasteiger partial charge in [0.2, 0.25) is 11.8 Å². The maximum absolute atomic E-state index is 11.7. The molecule has 1 aliphatic heterocycles. The number of aromatic carboxylic acids is 2. The number of carboxylic acids is 6. The largest absolute Gasteiger partial charge is 0.575 e. The standard InChI is InChI=1S/C39H50N4O6.2C4H6O4.C3H3F3O2/c1-38(2,29-25-27(36(46)47)18-20-31(29)42-23-13-10-16-34(40)44)22-12-8-6-5-7-9-15-33-39(3,4)30-26-28(37(48)49)19-21-32(30)43(33)24-14-11-17-35(41)45;2*5-3(6)1-2-4(7)8;1-2(7)8-3(4,5)6/h5-9,12,15,18-21,25-26,42H,10-11,13-14,16-17,22-24H2,1-4H3,(H2,40,44)(H2,41,45)(H,46,47)(H,48,49);2*1-2H2,(H,5,6)(H,7,8);1H3/p+1/b6-5+,9-7+,12-8+,33-15+;;;. The number of unbranched alkanes of at least 4 members (excludes halogenated alkanes) is 2. The summed E-state index contributed by atoms with van der Waals surface area (Å²) < 4.78 is 35.4. The van der Waals surface area contributed by atoms with Crippen LogP contribution in [0, 0.1) is 0 Å². The fourth-order valence-electron chi connectivity index (χ4n) is 6.75. The maximum atomic E-state index is 11.7. The number of amides is 2. The van der Waals surface area contributed by atoms with Crippen molar-refractivity contribution >= 4 is 65.0 Å². The third kappa shape index (κ3) is 28.0. The number of anilines is 1. The number of rotatable bonds is 25. The number of halogens is 3. The normalized spacial score (nSPS) is 13.2. The topological polar surface area (TPSA) is 356 Å². The Kier molecular flexibility index (Phi) is 28.8. The Hall–Kier alpha value is -7.82. The zero-order chi connectivity index (χ0) is 56.1. The second-order valence-corrected chi connectivity index (χ2v) is 17.2. The molecule has 0 aromatic heterocycles. The first kappa shape index (κ1) is 65.2. The van der Waals surface area contributed by atoms with Crippen molar-refractivity contribution in [1.29, 1.82) is 0 Å². The van der Waals surface area contributed by atoms with Crippen molar-refractivity contribution in [2.24, 2.45) is 11.5 Å². The maximum Gasteiger partial charge on any atom is 0.575 e. The highest BCUT2D eigenvalue weighted by Gasteiger charge is 2.40. The van der Waals surface area contributed by atoms with Crippen LogP contribution in [0.1, 0.15) is 137 Å². The number of carbonyl (C=O) groups excluding carboxylic acids is 3. The Bertz CT molecular complexity index is 2320. The number of carbonyl (C=O) groups is 9. The molecule has 0 saturated heterocycles. The van der Waals surface area contributed by atoms with Crippen LogP contribution in [-0.4, -0.2) is 104 Å². The molecule has 12 N–H and O–H groups in total. The van der Waals surface area contributed by atoms with Gasteiger partial charge in [0.05, 0.1) is 43.4 Å². The van der Waals surface area contributed by atoms with Gasteiger partial charge in [-0.2, -0.15) is 0 Å². The van der Waals surface area contributed by atoms with Crippen molar-refractivity contribution < 1.29 is 97.0 Å². The predicted molar refractivity (Wildman–Crippen MR) is 260 cm³/mol. The SMILES string of the molecule is CC(=O)OC(F)(F)F.CC(C)(C/C=C/C=C/C=C/C=C1/N(CCCCC(N)=O)c2ccc(C(=O)O)cc2C1(C)C)c1cc(C(=O)O)ccc1[NH2+]CCCCC(N)=O.O=C(O)CCC(=O)O.O=C(O)CCC(=O)O. The van der Waals surface area contributed by atoms with E-state index in [1.54, 1.807) is 24.3 Å². The Morgan fingerprint density at radius 3 is 1.58 bits per heavy atom. The number of hydrogen-bond acceptors (Lipinski definition) is 11. The number of benzene rings is 2. The van der Waals surface area contributed by atoms with Gasteiger partial charge in [0.15, 0.2) is 0 Å². The van der Waals surface area contributed by atoms with Crippen LogP contribution < -0.4 is 21.7 Å². The molecule has 1 aliphatic rings. The minimum atomic E-state index is -4.83. The zero-order valence-corrected chi connectivity index (χ0v) is 41.3. The second-order valence-electron chi connectivity index (χ2n) is 17.2. The van der Waals surface area contributed by atoms with Crippen LogP contribution in [-0.2, 0) is 49.1 Å². The average molecular weight is 1040 g/mol. The lowest BCUT2D eigenvalue weighted by Crippen LogP contribution is -2.78. The van der Waals surface area contributed by atoms with E-state index in [0.717, 1.165) is 47.6 Å². The number of fused-ring (bicyclic) bond motifs is 1. The summed E-state index contributed by atoms with van der Waals surface area (Å²) in [6, 6.07) is 10.5. The summed E-state index contributed by atoms with van der Waals surface area (Å²) in [5.41, 5.74) is 15.2. The lowest BCUT2D eigenvalue weighted by molar-refractivity contribution is -0.572. The van der Waals surface area contributed by atoms with Crippen LogP contribution in [0.15, 0.2) is 84.6 Å². The molecule has 0 radical (unpaired) electrons. The lowest BCUT2D eigenvalue weighted by Gasteiger charge is -2.27. The van der Waals surface area contributed by atoms with Crippen molar-refractivity contribution in [2.75, 3.05) is 18.0 Å². The Morgan fingerprint density at radius 1 is 0.658 bits per heavy atom. The molecule has 402 valence electrons. The number of carboxylic acid groups (broad SMARTS) is 6. The van der Waals surface area contributed by atoms with E-state index in [9.17, 15) is 66.5 Å². The third-order valence-electron chi connectivity index (χ3n) is 10.3. The number of allylic oxidation sites excluding steroid dienone is 8. The van der Waals surface area contributed by atoms with Gasteiger partial charge in [-0.15, -0.1) is 13.2 Å². The Balaban J connectivity index is 0.00000176. The molecule has 73 heavy (non-hydrogen) atoms. The highest BCUT2D eigenvalue weighted by molar-refractivity contribution is 5.90. The van der Waals surface area contributed by atoms with Crippen molar-refractivity contribution in [1.82, 2.24) is 0 Å². The number of hydrogen-bond donors (Lipinski definition) is 9. The van der Waals surface area contributed by atoms with E-state index in [1.165, 1.54) is 0 Å². The van der Waals surface area contributed by atoms with Crippen LogP contribution in [0.25, 0.3) is 0 Å². The summed E-state index contributed by atoms with van der Waals surface area (Å²) in [5.74, 6) is -8.22. The minimum absolute atomic E-state index is 0.246. The highest BCUT2D eigenvalue weighted by Crippen LogP contribution is 2.48. The number of ether oxygens (including phenoxy) is 1. The second kappa shape index (κ2) is 32.2. The Morgan fingerprint density at radius 2 is 1.12 bits per heavy atom. The zero-order valence-electron chi connectivity index (χ0n) is 41.3. The van der Waals surface area contributed by atoms with Gasteiger partial charge in [0, 0.05) is 54.7 Å². The van der Waals surface area contributed by atoms with Gasteiger partial charge >= 0.3 is 48.1 Å². The van der Waals surface area contributed by atoms with E-state index in [0.29, 0.717) is 45.6 Å².